The molecule has 0 spiro atoms. The largest absolute Gasteiger partial charge is 0.367 e. The highest BCUT2D eigenvalue weighted by Gasteiger charge is 2.22. The molecule has 0 atom stereocenters. The highest BCUT2D eigenvalue weighted by molar-refractivity contribution is 5.57. The van der Waals surface area contributed by atoms with Crippen molar-refractivity contribution < 1.29 is 0 Å². The van der Waals surface area contributed by atoms with Crippen LogP contribution in [0.5, 0.6) is 0 Å². The molecule has 5 nitrogen and oxygen atoms in total. The number of hydrogen-bond donors (Lipinski definition) is 3. The van der Waals surface area contributed by atoms with Gasteiger partial charge in [-0.05, 0) is 38.0 Å². The minimum Gasteiger partial charge on any atom is -0.367 e. The normalized spacial score (nSPS) is 22.0. The van der Waals surface area contributed by atoms with Crippen LogP contribution in [0, 0.1) is 5.92 Å². The van der Waals surface area contributed by atoms with Crippen molar-refractivity contribution in [1.29, 1.82) is 0 Å². The van der Waals surface area contributed by atoms with Crippen molar-refractivity contribution in [1.82, 2.24) is 9.97 Å². The summed E-state index contributed by atoms with van der Waals surface area (Å²) in [7, 11) is 0. The predicted molar refractivity (Wildman–Crippen MR) is 88.1 cm³/mol. The molecule has 1 heterocycles. The maximum atomic E-state index is 5.57. The summed E-state index contributed by atoms with van der Waals surface area (Å²) < 4.78 is 0. The lowest BCUT2D eigenvalue weighted by atomic mass is 9.83. The maximum absolute atomic E-state index is 5.57. The lowest BCUT2D eigenvalue weighted by Crippen LogP contribution is -2.27. The highest BCUT2D eigenvalue weighted by atomic mass is 15.3. The third-order valence-electron chi connectivity index (χ3n) is 4.47. The van der Waals surface area contributed by atoms with E-state index in [4.69, 9.17) is 5.84 Å². The van der Waals surface area contributed by atoms with Gasteiger partial charge in [-0.15, -0.1) is 0 Å². The van der Waals surface area contributed by atoms with Crippen LogP contribution < -0.4 is 16.6 Å². The first kappa shape index (κ1) is 16.0. The Labute approximate surface area is 128 Å². The van der Waals surface area contributed by atoms with Crippen molar-refractivity contribution in [3.8, 4) is 0 Å². The Balaban J connectivity index is 2.00. The molecule has 21 heavy (non-hydrogen) atoms. The molecule has 1 aliphatic rings. The molecule has 4 N–H and O–H groups in total. The summed E-state index contributed by atoms with van der Waals surface area (Å²) in [6.45, 7) is 4.44. The Morgan fingerprint density at radius 1 is 1.10 bits per heavy atom. The summed E-state index contributed by atoms with van der Waals surface area (Å²) in [5.41, 5.74) is 3.80. The van der Waals surface area contributed by atoms with Crippen LogP contribution in [-0.4, -0.2) is 16.0 Å². The van der Waals surface area contributed by atoms with Gasteiger partial charge in [0.15, 0.2) is 0 Å². The number of aromatic nitrogens is 2. The van der Waals surface area contributed by atoms with Gasteiger partial charge in [-0.1, -0.05) is 33.1 Å². The molecule has 1 saturated carbocycles. The molecule has 0 aliphatic heterocycles. The van der Waals surface area contributed by atoms with E-state index in [9.17, 15) is 0 Å². The molecule has 118 valence electrons. The first-order valence-corrected chi connectivity index (χ1v) is 8.35. The molecule has 0 unspecified atom stereocenters. The molecule has 1 aromatic rings. The number of nitrogens with zero attached hydrogens (tertiary/aromatic N) is 2. The van der Waals surface area contributed by atoms with Crippen LogP contribution in [0.3, 0.4) is 0 Å². The molecule has 1 fully saturated rings. The molecule has 0 aromatic carbocycles. The minimum atomic E-state index is 0.536. The van der Waals surface area contributed by atoms with Crippen LogP contribution in [0.2, 0.25) is 0 Å². The van der Waals surface area contributed by atoms with Gasteiger partial charge in [0.25, 0.3) is 0 Å². The van der Waals surface area contributed by atoms with Crippen molar-refractivity contribution in [2.45, 2.75) is 71.3 Å². The number of rotatable bonds is 7. The standard InChI is InChI=1S/C16H29N5/c1-3-5-12-7-9-13(10-8-12)20-15-14(6-4-2)16(21-17)19-11-18-15/h11-13H,3-10,17H2,1-2H3,(H2,18,19,20,21). The van der Waals surface area contributed by atoms with Crippen LogP contribution in [0.15, 0.2) is 6.33 Å². The van der Waals surface area contributed by atoms with E-state index in [0.717, 1.165) is 36.0 Å². The van der Waals surface area contributed by atoms with Crippen LogP contribution in [0.25, 0.3) is 0 Å². The van der Waals surface area contributed by atoms with Gasteiger partial charge in [0, 0.05) is 11.6 Å². The van der Waals surface area contributed by atoms with E-state index in [0.29, 0.717) is 6.04 Å². The first-order chi connectivity index (χ1) is 10.3. The second-order valence-corrected chi connectivity index (χ2v) is 6.09. The van der Waals surface area contributed by atoms with E-state index in [1.165, 1.54) is 38.5 Å². The molecule has 1 aliphatic carbocycles. The molecule has 5 heteroatoms. The second-order valence-electron chi connectivity index (χ2n) is 6.09. The Bertz CT molecular complexity index is 427. The summed E-state index contributed by atoms with van der Waals surface area (Å²) in [6.07, 6.45) is 11.4. The number of hydrogen-bond acceptors (Lipinski definition) is 5. The quantitative estimate of drug-likeness (QED) is 0.529. The molecular formula is C16H29N5. The molecule has 0 saturated heterocycles. The third kappa shape index (κ3) is 4.30. The SMILES string of the molecule is CCCc1c(NN)ncnc1NC1CCC(CCC)CC1. The molecule has 1 aromatic heterocycles. The van der Waals surface area contributed by atoms with E-state index < -0.39 is 0 Å². The van der Waals surface area contributed by atoms with Crippen molar-refractivity contribution in [2.24, 2.45) is 11.8 Å². The summed E-state index contributed by atoms with van der Waals surface area (Å²) in [4.78, 5) is 8.66. The lowest BCUT2D eigenvalue weighted by Gasteiger charge is -2.30. The fourth-order valence-electron chi connectivity index (χ4n) is 3.34. The Hall–Kier alpha value is -1.36. The van der Waals surface area contributed by atoms with Crippen LogP contribution in [-0.2, 0) is 6.42 Å². The summed E-state index contributed by atoms with van der Waals surface area (Å²) in [6, 6.07) is 0.536. The van der Waals surface area contributed by atoms with Gasteiger partial charge in [0.1, 0.15) is 18.0 Å². The molecule has 0 amide bonds. The monoisotopic (exact) mass is 291 g/mol. The average molecular weight is 291 g/mol. The number of nitrogen functional groups attached to an aromatic ring is 1. The van der Waals surface area contributed by atoms with Gasteiger partial charge in [0.05, 0.1) is 0 Å². The third-order valence-corrected chi connectivity index (χ3v) is 4.47. The van der Waals surface area contributed by atoms with E-state index in [1.54, 1.807) is 6.33 Å². The average Bonchev–Trinajstić information content (AvgIpc) is 2.51. The molecule has 0 bridgehead atoms. The highest BCUT2D eigenvalue weighted by Crippen LogP contribution is 2.30. The number of anilines is 2. The van der Waals surface area contributed by atoms with E-state index >= 15 is 0 Å². The molecular weight excluding hydrogens is 262 g/mol. The van der Waals surface area contributed by atoms with Crippen molar-refractivity contribution in [2.75, 3.05) is 10.7 Å². The van der Waals surface area contributed by atoms with Crippen LogP contribution in [0.4, 0.5) is 11.6 Å². The minimum absolute atomic E-state index is 0.536. The Morgan fingerprint density at radius 3 is 2.43 bits per heavy atom. The van der Waals surface area contributed by atoms with Crippen molar-refractivity contribution in [3.05, 3.63) is 11.9 Å². The number of nitrogens with one attached hydrogen (secondary N) is 2. The van der Waals surface area contributed by atoms with Crippen LogP contribution >= 0.6 is 0 Å². The number of hydrazine groups is 1. The van der Waals surface area contributed by atoms with Crippen molar-refractivity contribution >= 4 is 11.6 Å². The number of nitrogens with two attached hydrogens (primary N) is 1. The summed E-state index contributed by atoms with van der Waals surface area (Å²) >= 11 is 0. The predicted octanol–water partition coefficient (Wildman–Crippen LogP) is 3.49. The lowest BCUT2D eigenvalue weighted by molar-refractivity contribution is 0.318. The van der Waals surface area contributed by atoms with Gasteiger partial charge < -0.3 is 10.7 Å². The van der Waals surface area contributed by atoms with Crippen LogP contribution in [0.1, 0.15) is 64.4 Å². The van der Waals surface area contributed by atoms with Gasteiger partial charge in [-0.2, -0.15) is 0 Å². The van der Waals surface area contributed by atoms with Crippen molar-refractivity contribution in [3.63, 3.8) is 0 Å². The maximum Gasteiger partial charge on any atom is 0.148 e. The Kier molecular flexibility index (Phi) is 6.23. The topological polar surface area (TPSA) is 75.9 Å². The fraction of sp³-hybridized carbons (Fsp3) is 0.750. The van der Waals surface area contributed by atoms with E-state index in [1.807, 2.05) is 0 Å². The second kappa shape index (κ2) is 8.17. The van der Waals surface area contributed by atoms with E-state index in [-0.39, 0.29) is 0 Å². The van der Waals surface area contributed by atoms with Gasteiger partial charge >= 0.3 is 0 Å². The van der Waals surface area contributed by atoms with Gasteiger partial charge in [-0.25, -0.2) is 15.8 Å². The smallest absolute Gasteiger partial charge is 0.148 e. The van der Waals surface area contributed by atoms with E-state index in [2.05, 4.69) is 34.6 Å². The molecule has 2 rings (SSSR count). The zero-order chi connectivity index (χ0) is 15.1. The van der Waals surface area contributed by atoms with Gasteiger partial charge in [0.2, 0.25) is 0 Å². The summed E-state index contributed by atoms with van der Waals surface area (Å²) in [5, 5.41) is 3.62. The first-order valence-electron chi connectivity index (χ1n) is 8.35. The van der Waals surface area contributed by atoms with Gasteiger partial charge in [-0.3, -0.25) is 0 Å². The Morgan fingerprint density at radius 2 is 1.81 bits per heavy atom. The zero-order valence-electron chi connectivity index (χ0n) is 13.4. The summed E-state index contributed by atoms with van der Waals surface area (Å²) in [5.74, 6) is 8.19. The fourth-order valence-corrected chi connectivity index (χ4v) is 3.34. The molecule has 0 radical (unpaired) electrons. The zero-order valence-corrected chi connectivity index (χ0v) is 13.4.